The quantitative estimate of drug-likeness (QED) is 0.424. The van der Waals surface area contributed by atoms with Crippen molar-refractivity contribution in [2.45, 2.75) is 13.3 Å². The van der Waals surface area contributed by atoms with E-state index in [9.17, 15) is 14.9 Å². The highest BCUT2D eigenvalue weighted by atomic mass is 35.5. The van der Waals surface area contributed by atoms with Crippen molar-refractivity contribution >= 4 is 28.9 Å². The number of hydrogen-bond donors (Lipinski definition) is 1. The fraction of sp³-hybridized carbons (Fsp3) is 0.381. The number of rotatable bonds is 7. The lowest BCUT2D eigenvalue weighted by Gasteiger charge is -2.36. The van der Waals surface area contributed by atoms with Gasteiger partial charge in [-0.3, -0.25) is 19.8 Å². The Morgan fingerprint density at radius 3 is 2.59 bits per heavy atom. The lowest BCUT2D eigenvalue weighted by Crippen LogP contribution is -2.47. The molecule has 7 nitrogen and oxygen atoms in total. The summed E-state index contributed by atoms with van der Waals surface area (Å²) in [5.41, 5.74) is 2.67. The zero-order valence-electron chi connectivity index (χ0n) is 16.4. The molecule has 2 aromatic rings. The lowest BCUT2D eigenvalue weighted by atomic mass is 10.2. The van der Waals surface area contributed by atoms with Gasteiger partial charge in [-0.1, -0.05) is 23.7 Å². The van der Waals surface area contributed by atoms with Crippen LogP contribution in [0.4, 0.5) is 11.4 Å². The van der Waals surface area contributed by atoms with Gasteiger partial charge in [0, 0.05) is 50.5 Å². The molecule has 1 fully saturated rings. The Kier molecular flexibility index (Phi) is 7.06. The largest absolute Gasteiger partial charge is 0.369 e. The van der Waals surface area contributed by atoms with E-state index in [2.05, 4.69) is 46.3 Å². The fourth-order valence-corrected chi connectivity index (χ4v) is 3.72. The molecule has 2 aromatic carbocycles. The summed E-state index contributed by atoms with van der Waals surface area (Å²) < 4.78 is 0. The Labute approximate surface area is 175 Å². The Hall–Kier alpha value is -2.64. The maximum atomic E-state index is 12.2. The number of aryl methyl sites for hydroxylation is 1. The van der Waals surface area contributed by atoms with E-state index in [1.54, 1.807) is 0 Å². The van der Waals surface area contributed by atoms with E-state index in [1.807, 2.05) is 0 Å². The second kappa shape index (κ2) is 9.71. The molecular weight excluding hydrogens is 392 g/mol. The third-order valence-electron chi connectivity index (χ3n) is 5.08. The highest BCUT2D eigenvalue weighted by molar-refractivity contribution is 6.34. The summed E-state index contributed by atoms with van der Waals surface area (Å²) in [5.74, 6) is -0.311. The first-order valence-corrected chi connectivity index (χ1v) is 10.1. The van der Waals surface area contributed by atoms with Gasteiger partial charge in [0.15, 0.2) is 0 Å². The molecule has 1 aliphatic heterocycles. The van der Waals surface area contributed by atoms with E-state index in [1.165, 1.54) is 29.4 Å². The van der Waals surface area contributed by atoms with Crippen molar-refractivity contribution in [3.8, 4) is 0 Å². The maximum Gasteiger partial charge on any atom is 0.270 e. The minimum absolute atomic E-state index is 0.0870. The van der Waals surface area contributed by atoms with Gasteiger partial charge >= 0.3 is 0 Å². The number of nitrogens with zero attached hydrogens (tertiary/aromatic N) is 3. The lowest BCUT2D eigenvalue weighted by molar-refractivity contribution is -0.384. The smallest absolute Gasteiger partial charge is 0.270 e. The van der Waals surface area contributed by atoms with Crippen LogP contribution in [0.3, 0.4) is 0 Å². The van der Waals surface area contributed by atoms with Crippen molar-refractivity contribution in [1.29, 1.82) is 0 Å². The number of nitro benzene ring substituents is 1. The Morgan fingerprint density at radius 2 is 1.93 bits per heavy atom. The maximum absolute atomic E-state index is 12.2. The van der Waals surface area contributed by atoms with Crippen LogP contribution in [0.2, 0.25) is 5.02 Å². The number of nitro groups is 1. The number of hydrogen-bond acceptors (Lipinski definition) is 5. The molecular formula is C21H25ClN4O3. The topological polar surface area (TPSA) is 78.7 Å². The zero-order chi connectivity index (χ0) is 20.8. The minimum Gasteiger partial charge on any atom is -0.369 e. The van der Waals surface area contributed by atoms with Crippen LogP contribution in [0.25, 0.3) is 0 Å². The molecule has 1 N–H and O–H groups in total. The molecule has 1 aliphatic rings. The predicted octanol–water partition coefficient (Wildman–Crippen LogP) is 3.50. The monoisotopic (exact) mass is 416 g/mol. The molecule has 0 spiro atoms. The molecule has 0 saturated carbocycles. The third-order valence-corrected chi connectivity index (χ3v) is 5.40. The van der Waals surface area contributed by atoms with Gasteiger partial charge in [0.2, 0.25) is 0 Å². The molecule has 154 valence electrons. The first-order valence-electron chi connectivity index (χ1n) is 9.70. The Balaban J connectivity index is 1.39. The third kappa shape index (κ3) is 5.68. The number of carbonyl (C=O) groups excluding carboxylic acids is 1. The fourth-order valence-electron chi connectivity index (χ4n) is 3.46. The SMILES string of the molecule is Cc1cccc(N2CCN(CCCNC(=O)c3ccc([N+](=O)[O-])cc3Cl)CC2)c1. The van der Waals surface area contributed by atoms with Crippen molar-refractivity contribution in [3.05, 3.63) is 68.7 Å². The second-order valence-corrected chi connectivity index (χ2v) is 7.61. The van der Waals surface area contributed by atoms with E-state index in [4.69, 9.17) is 11.6 Å². The van der Waals surface area contributed by atoms with Gasteiger partial charge in [0.1, 0.15) is 0 Å². The van der Waals surface area contributed by atoms with Gasteiger partial charge < -0.3 is 10.2 Å². The van der Waals surface area contributed by atoms with Crippen LogP contribution in [-0.2, 0) is 0 Å². The summed E-state index contributed by atoms with van der Waals surface area (Å²) >= 11 is 6.00. The molecule has 8 heteroatoms. The van der Waals surface area contributed by atoms with Crippen LogP contribution in [0.5, 0.6) is 0 Å². The molecule has 0 atom stereocenters. The summed E-state index contributed by atoms with van der Waals surface area (Å²) in [6, 6.07) is 12.4. The number of anilines is 1. The first-order chi connectivity index (χ1) is 13.9. The highest BCUT2D eigenvalue weighted by Crippen LogP contribution is 2.22. The van der Waals surface area contributed by atoms with Crippen molar-refractivity contribution in [3.63, 3.8) is 0 Å². The summed E-state index contributed by atoms with van der Waals surface area (Å²) in [6.45, 7) is 7.53. The van der Waals surface area contributed by atoms with Gasteiger partial charge in [-0.2, -0.15) is 0 Å². The van der Waals surface area contributed by atoms with Gasteiger partial charge in [0.25, 0.3) is 11.6 Å². The first kappa shape index (κ1) is 21.1. The normalized spacial score (nSPS) is 14.6. The van der Waals surface area contributed by atoms with Crippen LogP contribution in [-0.4, -0.2) is 55.0 Å². The van der Waals surface area contributed by atoms with E-state index in [0.29, 0.717) is 6.54 Å². The van der Waals surface area contributed by atoms with E-state index >= 15 is 0 Å². The van der Waals surface area contributed by atoms with Crippen molar-refractivity contribution in [1.82, 2.24) is 10.2 Å². The average molecular weight is 417 g/mol. The van der Waals surface area contributed by atoms with Crippen LogP contribution in [0.1, 0.15) is 22.3 Å². The molecule has 1 saturated heterocycles. The Morgan fingerprint density at radius 1 is 1.17 bits per heavy atom. The number of nitrogens with one attached hydrogen (secondary N) is 1. The average Bonchev–Trinajstić information content (AvgIpc) is 2.71. The molecule has 0 bridgehead atoms. The van der Waals surface area contributed by atoms with Gasteiger partial charge in [-0.15, -0.1) is 0 Å². The Bertz CT molecular complexity index is 882. The number of non-ortho nitro benzene ring substituents is 1. The zero-order valence-corrected chi connectivity index (χ0v) is 17.2. The highest BCUT2D eigenvalue weighted by Gasteiger charge is 2.18. The molecule has 1 amide bonds. The molecule has 0 radical (unpaired) electrons. The molecule has 0 aliphatic carbocycles. The minimum atomic E-state index is -0.535. The van der Waals surface area contributed by atoms with Crippen LogP contribution in [0, 0.1) is 17.0 Å². The summed E-state index contributed by atoms with van der Waals surface area (Å²) in [7, 11) is 0. The number of carbonyl (C=O) groups is 1. The number of piperazine rings is 1. The number of halogens is 1. The van der Waals surface area contributed by atoms with Gasteiger partial charge in [-0.25, -0.2) is 0 Å². The van der Waals surface area contributed by atoms with Crippen molar-refractivity contribution < 1.29 is 9.72 Å². The summed E-state index contributed by atoms with van der Waals surface area (Å²) in [5, 5.41) is 13.7. The number of amides is 1. The second-order valence-electron chi connectivity index (χ2n) is 7.20. The molecule has 29 heavy (non-hydrogen) atoms. The summed E-state index contributed by atoms with van der Waals surface area (Å²) in [6.07, 6.45) is 0.834. The van der Waals surface area contributed by atoms with Gasteiger partial charge in [-0.05, 0) is 43.7 Å². The predicted molar refractivity (Wildman–Crippen MR) is 115 cm³/mol. The molecule has 0 aromatic heterocycles. The molecule has 0 unspecified atom stereocenters. The van der Waals surface area contributed by atoms with E-state index in [-0.39, 0.29) is 22.2 Å². The standard InChI is InChI=1S/C21H25ClN4O3/c1-16-4-2-5-17(14-16)25-12-10-24(11-13-25)9-3-8-23-21(27)19-7-6-18(26(28)29)15-20(19)22/h2,4-7,14-15H,3,8-13H2,1H3,(H,23,27). The molecule has 1 heterocycles. The number of benzene rings is 2. The van der Waals surface area contributed by atoms with Crippen molar-refractivity contribution in [2.75, 3.05) is 44.2 Å². The van der Waals surface area contributed by atoms with Crippen molar-refractivity contribution in [2.24, 2.45) is 0 Å². The van der Waals surface area contributed by atoms with Crippen LogP contribution >= 0.6 is 11.6 Å². The summed E-state index contributed by atoms with van der Waals surface area (Å²) in [4.78, 5) is 27.3. The van der Waals surface area contributed by atoms with E-state index in [0.717, 1.165) is 39.1 Å². The van der Waals surface area contributed by atoms with Gasteiger partial charge in [0.05, 0.1) is 15.5 Å². The molecule has 3 rings (SSSR count). The van der Waals surface area contributed by atoms with Crippen LogP contribution in [0.15, 0.2) is 42.5 Å². The van der Waals surface area contributed by atoms with E-state index < -0.39 is 4.92 Å². The van der Waals surface area contributed by atoms with Crippen LogP contribution < -0.4 is 10.2 Å².